The molecule has 0 aliphatic rings. The molecule has 3 nitrogen and oxygen atoms in total. The van der Waals surface area contributed by atoms with Gasteiger partial charge in [-0.15, -0.1) is 13.2 Å². The molecule has 0 saturated heterocycles. The number of halogens is 3. The number of benzene rings is 1. The van der Waals surface area contributed by atoms with Crippen LogP contribution < -0.4 is 10.5 Å². The standard InChI is InChI=1S/C13H11F3N2O/c1-8-6-10(7-18-12(8)17)9-2-4-11(5-3-9)19-13(14,15)16/h2-7H,1H3,(H2,17,18). The topological polar surface area (TPSA) is 48.1 Å². The average Bonchev–Trinajstić information content (AvgIpc) is 2.32. The van der Waals surface area contributed by atoms with Crippen molar-refractivity contribution in [2.75, 3.05) is 5.73 Å². The van der Waals surface area contributed by atoms with E-state index >= 15 is 0 Å². The molecule has 0 aliphatic heterocycles. The summed E-state index contributed by atoms with van der Waals surface area (Å²) < 4.78 is 39.8. The third kappa shape index (κ3) is 3.37. The zero-order chi connectivity index (χ0) is 14.0. The highest BCUT2D eigenvalue weighted by atomic mass is 19.4. The van der Waals surface area contributed by atoms with E-state index in [-0.39, 0.29) is 5.75 Å². The van der Waals surface area contributed by atoms with Crippen LogP contribution in [-0.2, 0) is 0 Å². The second-order valence-corrected chi connectivity index (χ2v) is 4.00. The fourth-order valence-electron chi connectivity index (χ4n) is 1.59. The third-order valence-corrected chi connectivity index (χ3v) is 2.54. The van der Waals surface area contributed by atoms with E-state index in [0.717, 1.165) is 16.7 Å². The molecule has 1 heterocycles. The third-order valence-electron chi connectivity index (χ3n) is 2.54. The van der Waals surface area contributed by atoms with Crippen LogP contribution in [-0.4, -0.2) is 11.3 Å². The number of alkyl halides is 3. The number of rotatable bonds is 2. The van der Waals surface area contributed by atoms with E-state index in [1.54, 1.807) is 6.20 Å². The molecule has 0 fully saturated rings. The Labute approximate surface area is 107 Å². The van der Waals surface area contributed by atoms with Gasteiger partial charge in [0.05, 0.1) is 0 Å². The van der Waals surface area contributed by atoms with Crippen LogP contribution in [0.15, 0.2) is 36.5 Å². The highest BCUT2D eigenvalue weighted by Gasteiger charge is 2.30. The van der Waals surface area contributed by atoms with Gasteiger partial charge in [-0.3, -0.25) is 0 Å². The molecule has 6 heteroatoms. The van der Waals surface area contributed by atoms with Crippen LogP contribution in [0.3, 0.4) is 0 Å². The van der Waals surface area contributed by atoms with Gasteiger partial charge >= 0.3 is 6.36 Å². The summed E-state index contributed by atoms with van der Waals surface area (Å²) >= 11 is 0. The Morgan fingerprint density at radius 2 is 1.74 bits per heavy atom. The molecule has 1 aromatic carbocycles. The van der Waals surface area contributed by atoms with Crippen LogP contribution in [0.5, 0.6) is 5.75 Å². The predicted molar refractivity (Wildman–Crippen MR) is 65.5 cm³/mol. The molecule has 0 amide bonds. The number of nitrogens with two attached hydrogens (primary N) is 1. The summed E-state index contributed by atoms with van der Waals surface area (Å²) in [6, 6.07) is 7.41. The fourth-order valence-corrected chi connectivity index (χ4v) is 1.59. The summed E-state index contributed by atoms with van der Waals surface area (Å²) in [5.74, 6) is 0.178. The summed E-state index contributed by atoms with van der Waals surface area (Å²) in [7, 11) is 0. The second kappa shape index (κ2) is 4.79. The molecule has 0 unspecified atom stereocenters. The molecule has 0 radical (unpaired) electrons. The average molecular weight is 268 g/mol. The molecule has 0 aliphatic carbocycles. The summed E-state index contributed by atoms with van der Waals surface area (Å²) in [6.07, 6.45) is -3.11. The van der Waals surface area contributed by atoms with Crippen molar-refractivity contribution < 1.29 is 17.9 Å². The van der Waals surface area contributed by atoms with Crippen LogP contribution in [0.4, 0.5) is 19.0 Å². The van der Waals surface area contributed by atoms with E-state index in [1.165, 1.54) is 24.3 Å². The lowest BCUT2D eigenvalue weighted by Crippen LogP contribution is -2.16. The number of pyridine rings is 1. The maximum absolute atomic E-state index is 12.0. The zero-order valence-corrected chi connectivity index (χ0v) is 10.0. The number of anilines is 1. The van der Waals surface area contributed by atoms with Gasteiger partial charge in [0.2, 0.25) is 0 Å². The molecule has 2 rings (SSSR count). The number of aromatic nitrogens is 1. The molecule has 100 valence electrons. The van der Waals surface area contributed by atoms with Gasteiger partial charge in [0.15, 0.2) is 0 Å². The van der Waals surface area contributed by atoms with E-state index < -0.39 is 6.36 Å². The summed E-state index contributed by atoms with van der Waals surface area (Å²) in [5, 5.41) is 0. The smallest absolute Gasteiger partial charge is 0.406 e. The summed E-state index contributed by atoms with van der Waals surface area (Å²) in [6.45, 7) is 1.81. The number of hydrogen-bond donors (Lipinski definition) is 1. The SMILES string of the molecule is Cc1cc(-c2ccc(OC(F)(F)F)cc2)cnc1N. The van der Waals surface area contributed by atoms with E-state index in [2.05, 4.69) is 9.72 Å². The van der Waals surface area contributed by atoms with Crippen molar-refractivity contribution in [3.63, 3.8) is 0 Å². The van der Waals surface area contributed by atoms with E-state index in [9.17, 15) is 13.2 Å². The van der Waals surface area contributed by atoms with Crippen molar-refractivity contribution in [2.45, 2.75) is 13.3 Å². The first-order chi connectivity index (χ1) is 8.85. The molecule has 2 N–H and O–H groups in total. The Balaban J connectivity index is 2.25. The van der Waals surface area contributed by atoms with Crippen molar-refractivity contribution in [1.82, 2.24) is 4.98 Å². The van der Waals surface area contributed by atoms with Crippen molar-refractivity contribution in [3.8, 4) is 16.9 Å². The highest BCUT2D eigenvalue weighted by Crippen LogP contribution is 2.27. The lowest BCUT2D eigenvalue weighted by atomic mass is 10.1. The van der Waals surface area contributed by atoms with E-state index in [4.69, 9.17) is 5.73 Å². The number of nitrogens with zero attached hydrogens (tertiary/aromatic N) is 1. The molecular formula is C13H11F3N2O. The van der Waals surface area contributed by atoms with Crippen molar-refractivity contribution >= 4 is 5.82 Å². The Hall–Kier alpha value is -2.24. The summed E-state index contributed by atoms with van der Waals surface area (Å²) in [5.41, 5.74) is 7.94. The minimum Gasteiger partial charge on any atom is -0.406 e. The van der Waals surface area contributed by atoms with Gasteiger partial charge in [-0.25, -0.2) is 4.98 Å². The zero-order valence-electron chi connectivity index (χ0n) is 10.0. The Morgan fingerprint density at radius 1 is 1.11 bits per heavy atom. The predicted octanol–water partition coefficient (Wildman–Crippen LogP) is 3.54. The van der Waals surface area contributed by atoms with E-state index in [1.807, 2.05) is 13.0 Å². The van der Waals surface area contributed by atoms with Crippen molar-refractivity contribution in [3.05, 3.63) is 42.1 Å². The van der Waals surface area contributed by atoms with Crippen LogP contribution in [0.2, 0.25) is 0 Å². The van der Waals surface area contributed by atoms with Gasteiger partial charge < -0.3 is 10.5 Å². The highest BCUT2D eigenvalue weighted by molar-refractivity contribution is 5.65. The first-order valence-corrected chi connectivity index (χ1v) is 5.43. The molecule has 1 aromatic heterocycles. The quantitative estimate of drug-likeness (QED) is 0.906. The van der Waals surface area contributed by atoms with Crippen LogP contribution >= 0.6 is 0 Å². The minimum absolute atomic E-state index is 0.253. The monoisotopic (exact) mass is 268 g/mol. The number of nitrogen functional groups attached to an aromatic ring is 1. The van der Waals surface area contributed by atoms with Crippen LogP contribution in [0.1, 0.15) is 5.56 Å². The molecule has 19 heavy (non-hydrogen) atoms. The first-order valence-electron chi connectivity index (χ1n) is 5.43. The Bertz CT molecular complexity index is 579. The lowest BCUT2D eigenvalue weighted by molar-refractivity contribution is -0.274. The van der Waals surface area contributed by atoms with Gasteiger partial charge in [-0.05, 0) is 36.2 Å². The molecule has 0 spiro atoms. The van der Waals surface area contributed by atoms with Gasteiger partial charge in [0.1, 0.15) is 11.6 Å². The van der Waals surface area contributed by atoms with Gasteiger partial charge in [-0.1, -0.05) is 12.1 Å². The summed E-state index contributed by atoms with van der Waals surface area (Å²) in [4.78, 5) is 4.00. The number of aryl methyl sites for hydroxylation is 1. The maximum Gasteiger partial charge on any atom is 0.573 e. The van der Waals surface area contributed by atoms with Crippen LogP contribution in [0, 0.1) is 6.92 Å². The largest absolute Gasteiger partial charge is 0.573 e. The van der Waals surface area contributed by atoms with Gasteiger partial charge in [0, 0.05) is 11.8 Å². The second-order valence-electron chi connectivity index (χ2n) is 4.00. The van der Waals surface area contributed by atoms with Gasteiger partial charge in [-0.2, -0.15) is 0 Å². The van der Waals surface area contributed by atoms with E-state index in [0.29, 0.717) is 5.82 Å². The van der Waals surface area contributed by atoms with Crippen LogP contribution in [0.25, 0.3) is 11.1 Å². The van der Waals surface area contributed by atoms with Gasteiger partial charge in [0.25, 0.3) is 0 Å². The molecule has 0 saturated carbocycles. The lowest BCUT2D eigenvalue weighted by Gasteiger charge is -2.09. The molecular weight excluding hydrogens is 257 g/mol. The molecule has 2 aromatic rings. The van der Waals surface area contributed by atoms with Crippen molar-refractivity contribution in [2.24, 2.45) is 0 Å². The van der Waals surface area contributed by atoms with Crippen molar-refractivity contribution in [1.29, 1.82) is 0 Å². The fraction of sp³-hybridized carbons (Fsp3) is 0.154. The minimum atomic E-state index is -4.68. The molecule has 0 bridgehead atoms. The Morgan fingerprint density at radius 3 is 2.26 bits per heavy atom. The molecule has 0 atom stereocenters. The number of hydrogen-bond acceptors (Lipinski definition) is 3. The number of ether oxygens (including phenoxy) is 1. The first kappa shape index (κ1) is 13.2. The normalized spacial score (nSPS) is 11.4. The maximum atomic E-state index is 12.0. The Kier molecular flexibility index (Phi) is 3.33.